The Morgan fingerprint density at radius 3 is 0.803 bits per heavy atom. The predicted octanol–water partition coefficient (Wildman–Crippen LogP) is 16.3. The highest BCUT2D eigenvalue weighted by atomic mass is 16.6. The second kappa shape index (κ2) is 41.2. The fourth-order valence-electron chi connectivity index (χ4n) is 15.0. The summed E-state index contributed by atoms with van der Waals surface area (Å²) in [4.78, 5) is 24.6. The molecule has 8 aromatic rings. The maximum Gasteiger partial charge on any atom is 0.338 e. The van der Waals surface area contributed by atoms with E-state index in [-0.39, 0.29) is 70.1 Å². The van der Waals surface area contributed by atoms with E-state index in [1.165, 1.54) is 50.6 Å². The normalized spacial score (nSPS) is 21.7. The third kappa shape index (κ3) is 24.7. The summed E-state index contributed by atoms with van der Waals surface area (Å²) in [5.74, 6) is 4.40. The summed E-state index contributed by atoms with van der Waals surface area (Å²) >= 11 is 0. The molecule has 0 aliphatic carbocycles. The zero-order valence-corrected chi connectivity index (χ0v) is 72.0. The van der Waals surface area contributed by atoms with Gasteiger partial charge in [-0.1, -0.05) is 107 Å². The van der Waals surface area contributed by atoms with E-state index in [0.29, 0.717) is 104 Å². The number of aryl methyl sites for hydroxylation is 4. The Morgan fingerprint density at radius 2 is 0.574 bits per heavy atom. The Labute approximate surface area is 717 Å². The number of benzene rings is 8. The molecule has 0 aromatic heterocycles. The van der Waals surface area contributed by atoms with Crippen molar-refractivity contribution in [1.82, 2.24) is 0 Å². The van der Waals surface area contributed by atoms with Crippen LogP contribution in [0.4, 0.5) is 0 Å². The van der Waals surface area contributed by atoms with E-state index in [1.807, 2.05) is 0 Å². The van der Waals surface area contributed by atoms with Crippen LogP contribution in [0.25, 0.3) is 11.1 Å². The molecule has 10 aliphatic rings. The van der Waals surface area contributed by atoms with Gasteiger partial charge in [-0.05, 0) is 211 Å². The maximum atomic E-state index is 12.3. The quantitative estimate of drug-likeness (QED) is 0.0255. The number of carbonyl (C=O) groups is 2. The molecule has 6 atom stereocenters. The van der Waals surface area contributed by atoms with Gasteiger partial charge in [-0.25, -0.2) is 9.59 Å². The first kappa shape index (κ1) is 87.9. The highest BCUT2D eigenvalue weighted by molar-refractivity contribution is 5.95. The van der Waals surface area contributed by atoms with E-state index >= 15 is 0 Å². The molecule has 10 heterocycles. The fraction of sp³-hybridized carbons (Fsp3) is 0.500. The minimum absolute atomic E-state index is 0.0140. The average molecular weight is 1670 g/mol. The SMILES string of the molecule is CCC1(COC(=O)c2cccc(C(=O)OCC3(CC)COC3)c2)COC1.CCC1(COCc2ccc(COCC3(CC)COC3)cc2)COC1.Cc1cc(-c2cc(C)c(OCC3CO3)c(C)c2)cc(C)c1OCC1CO1.c1cc(C(c2ccc(OCC3CO3)cc2)C(c2ccc(OCC3CO3)cc2)c2ccc(OCC3CO3)cc2)ccc1OCC1CO1. The highest BCUT2D eigenvalue weighted by Gasteiger charge is 2.42. The van der Waals surface area contributed by atoms with Crippen molar-refractivity contribution in [3.8, 4) is 45.6 Å². The minimum Gasteiger partial charge on any atom is -0.491 e. The van der Waals surface area contributed by atoms with Crippen molar-refractivity contribution in [1.29, 1.82) is 0 Å². The van der Waals surface area contributed by atoms with Crippen LogP contribution in [0.3, 0.4) is 0 Å². The van der Waals surface area contributed by atoms with Crippen LogP contribution in [-0.4, -0.2) is 207 Å². The van der Waals surface area contributed by atoms with Crippen LogP contribution in [0.2, 0.25) is 0 Å². The smallest absolute Gasteiger partial charge is 0.338 e. The van der Waals surface area contributed by atoms with Crippen molar-refractivity contribution in [2.45, 2.75) is 143 Å². The Hall–Kier alpha value is -8.98. The molecule has 122 heavy (non-hydrogen) atoms. The summed E-state index contributed by atoms with van der Waals surface area (Å²) in [6, 6.07) is 57.7. The third-order valence-electron chi connectivity index (χ3n) is 24.5. The molecule has 0 N–H and O–H groups in total. The summed E-state index contributed by atoms with van der Waals surface area (Å²) in [5.41, 5.74) is 15.3. The molecule has 0 radical (unpaired) electrons. The van der Waals surface area contributed by atoms with Crippen molar-refractivity contribution in [3.05, 3.63) is 237 Å². The number of esters is 2. The van der Waals surface area contributed by atoms with Crippen LogP contribution in [0.15, 0.2) is 170 Å². The average Bonchev–Trinajstić information content (AvgIpc) is 1.75. The van der Waals surface area contributed by atoms with Gasteiger partial charge >= 0.3 is 11.9 Å². The Morgan fingerprint density at radius 1 is 0.328 bits per heavy atom. The molecule has 652 valence electrons. The van der Waals surface area contributed by atoms with E-state index in [4.69, 9.17) is 94.7 Å². The minimum atomic E-state index is -0.434. The van der Waals surface area contributed by atoms with Gasteiger partial charge in [-0.3, -0.25) is 0 Å². The largest absolute Gasteiger partial charge is 0.491 e. The Bertz CT molecular complexity index is 4190. The van der Waals surface area contributed by atoms with Gasteiger partial charge in [0.25, 0.3) is 0 Å². The van der Waals surface area contributed by atoms with Crippen molar-refractivity contribution in [3.63, 3.8) is 0 Å². The summed E-state index contributed by atoms with van der Waals surface area (Å²) < 4.78 is 111. The first-order valence-electron chi connectivity index (χ1n) is 43.5. The van der Waals surface area contributed by atoms with E-state index in [2.05, 4.69) is 201 Å². The van der Waals surface area contributed by atoms with Crippen LogP contribution >= 0.6 is 0 Å². The van der Waals surface area contributed by atoms with Gasteiger partial charge in [0, 0.05) is 22.7 Å². The third-order valence-corrected chi connectivity index (χ3v) is 24.5. The first-order valence-corrected chi connectivity index (χ1v) is 43.5. The van der Waals surface area contributed by atoms with E-state index in [1.54, 1.807) is 18.2 Å². The van der Waals surface area contributed by atoms with Crippen molar-refractivity contribution < 1.29 is 104 Å². The molecular formula is C100H120O22. The van der Waals surface area contributed by atoms with Crippen LogP contribution < -0.4 is 28.4 Å². The molecule has 0 bridgehead atoms. The van der Waals surface area contributed by atoms with Crippen LogP contribution in [0.5, 0.6) is 34.5 Å². The van der Waals surface area contributed by atoms with Gasteiger partial charge in [0.05, 0.1) is 141 Å². The molecule has 0 amide bonds. The monoisotopic (exact) mass is 1670 g/mol. The van der Waals surface area contributed by atoms with Crippen molar-refractivity contribution in [2.75, 3.05) is 159 Å². The number of rotatable bonds is 42. The second-order valence-electron chi connectivity index (χ2n) is 34.6. The Kier molecular flexibility index (Phi) is 29.7. The molecule has 10 aliphatic heterocycles. The lowest BCUT2D eigenvalue weighted by atomic mass is 9.73. The van der Waals surface area contributed by atoms with Crippen molar-refractivity contribution in [2.24, 2.45) is 21.7 Å². The van der Waals surface area contributed by atoms with Gasteiger partial charge in [0.15, 0.2) is 0 Å². The van der Waals surface area contributed by atoms with E-state index in [9.17, 15) is 9.59 Å². The number of carbonyl (C=O) groups excluding carboxylic acids is 2. The number of epoxide rings is 6. The molecule has 6 unspecified atom stereocenters. The Balaban J connectivity index is 0.000000132. The van der Waals surface area contributed by atoms with Gasteiger partial charge in [0.2, 0.25) is 0 Å². The lowest BCUT2D eigenvalue weighted by Crippen LogP contribution is -2.46. The molecular weight excluding hydrogens is 1550 g/mol. The first-order chi connectivity index (χ1) is 59.4. The second-order valence-corrected chi connectivity index (χ2v) is 34.6. The topological polar surface area (TPSA) is 239 Å². The van der Waals surface area contributed by atoms with E-state index < -0.39 is 11.9 Å². The molecule has 10 fully saturated rings. The summed E-state index contributed by atoms with van der Waals surface area (Å²) in [6.07, 6.45) is 5.40. The van der Waals surface area contributed by atoms with Gasteiger partial charge in [0.1, 0.15) is 124 Å². The number of hydrogen-bond acceptors (Lipinski definition) is 22. The zero-order chi connectivity index (χ0) is 84.5. The molecule has 8 aromatic carbocycles. The molecule has 18 rings (SSSR count). The van der Waals surface area contributed by atoms with Gasteiger partial charge in [-0.2, -0.15) is 0 Å². The summed E-state index contributed by atoms with van der Waals surface area (Å²) in [6.45, 7) is 34.6. The lowest BCUT2D eigenvalue weighted by Gasteiger charge is -2.40. The summed E-state index contributed by atoms with van der Waals surface area (Å²) in [7, 11) is 0. The van der Waals surface area contributed by atoms with E-state index in [0.717, 1.165) is 162 Å². The molecule has 10 saturated heterocycles. The maximum absolute atomic E-state index is 12.3. The fourth-order valence-corrected chi connectivity index (χ4v) is 15.0. The van der Waals surface area contributed by atoms with Crippen molar-refractivity contribution >= 4 is 11.9 Å². The highest BCUT2D eigenvalue weighted by Crippen LogP contribution is 2.46. The van der Waals surface area contributed by atoms with Gasteiger partial charge in [-0.15, -0.1) is 0 Å². The molecule has 22 heteroatoms. The van der Waals surface area contributed by atoms with Crippen LogP contribution in [0.1, 0.15) is 142 Å². The van der Waals surface area contributed by atoms with Crippen LogP contribution in [0, 0.1) is 49.4 Å². The standard InChI is InChI=1S/C38H38O8.C22H26O4.C20H26O6.C20H30O4/c1-9-29(39-17-33-21-43-33)10-2-25(1)37(26-3-11-30(12-4-26)40-18-34-22-44-34)38(27-5-13-31(14-6-27)41-19-35-23-45-35)28-7-15-32(16-8-28)42-20-36-24-46-36;1-13-5-17(6-14(2)21(13)25-11-19-9-23-19)18-7-15(3)22(16(4)8-18)26-12-20-10-24-20;1-3-19(9-23-10-19)13-25-17(21)15-6-5-7-16(8-15)18(22)26-14-20(4-2)11-24-12-20;1-3-19(13-23-14-19)11-21-9-17-5-7-18(8-6-17)10-22-12-20(4-2)15-24-16-20/h1-16,33-38H,17-24H2;5-8,19-20H,9-12H2,1-4H3;5-8H,3-4,9-14H2,1-2H3;5-8H,3-4,9-16H2,1-2H3. The molecule has 22 nitrogen and oxygen atoms in total. The van der Waals surface area contributed by atoms with Crippen LogP contribution in [-0.2, 0) is 79.5 Å². The molecule has 0 spiro atoms. The molecule has 0 saturated carbocycles. The zero-order valence-electron chi connectivity index (χ0n) is 72.0. The number of ether oxygens (including phenoxy) is 20. The number of hydrogen-bond donors (Lipinski definition) is 0. The van der Waals surface area contributed by atoms with Gasteiger partial charge < -0.3 is 94.7 Å². The lowest BCUT2D eigenvalue weighted by molar-refractivity contribution is -0.152. The predicted molar refractivity (Wildman–Crippen MR) is 459 cm³/mol. The summed E-state index contributed by atoms with van der Waals surface area (Å²) in [5, 5.41) is 0.